The second kappa shape index (κ2) is 5.46. The van der Waals surface area contributed by atoms with E-state index in [1.165, 1.54) is 16.5 Å². The van der Waals surface area contributed by atoms with Gasteiger partial charge in [-0.2, -0.15) is 0 Å². The number of nitrogens with one attached hydrogen (secondary N) is 1. The number of benzene rings is 2. The van der Waals surface area contributed by atoms with Gasteiger partial charge in [0.1, 0.15) is 5.69 Å². The molecule has 6 heteroatoms. The number of hydrogen-bond donors (Lipinski definition) is 1. The summed E-state index contributed by atoms with van der Waals surface area (Å²) in [6.07, 6.45) is 0. The number of nitro benzene ring substituents is 1. The van der Waals surface area contributed by atoms with Crippen molar-refractivity contribution < 1.29 is 4.92 Å². The second-order valence-electron chi connectivity index (χ2n) is 4.46. The molecule has 0 aromatic heterocycles. The Kier molecular flexibility index (Phi) is 3.67. The molecule has 0 radical (unpaired) electrons. The van der Waals surface area contributed by atoms with E-state index in [0.29, 0.717) is 10.2 Å². The normalized spacial score (nSPS) is 16.8. The van der Waals surface area contributed by atoms with Crippen LogP contribution in [0.3, 0.4) is 0 Å². The molecule has 1 unspecified atom stereocenters. The number of rotatable bonds is 3. The smallest absolute Gasteiger partial charge is 0.293 e. The molecular weight excluding hydrogens is 340 g/mol. The molecule has 0 amide bonds. The number of nitrogens with zero attached hydrogens (tertiary/aromatic N) is 1. The van der Waals surface area contributed by atoms with Gasteiger partial charge in [-0.3, -0.25) is 10.1 Å². The Morgan fingerprint density at radius 3 is 2.90 bits per heavy atom. The van der Waals surface area contributed by atoms with Gasteiger partial charge in [-0.15, -0.1) is 11.8 Å². The molecule has 2 aromatic carbocycles. The molecule has 1 atom stereocenters. The van der Waals surface area contributed by atoms with Gasteiger partial charge >= 0.3 is 0 Å². The van der Waals surface area contributed by atoms with Gasteiger partial charge in [-0.1, -0.05) is 34.1 Å². The number of halogens is 1. The molecule has 1 heterocycles. The fourth-order valence-corrected chi connectivity index (χ4v) is 3.76. The molecule has 4 nitrogen and oxygen atoms in total. The molecule has 1 aliphatic rings. The van der Waals surface area contributed by atoms with Gasteiger partial charge < -0.3 is 5.32 Å². The summed E-state index contributed by atoms with van der Waals surface area (Å²) in [6, 6.07) is 13.3. The largest absolute Gasteiger partial charge is 0.372 e. The summed E-state index contributed by atoms with van der Waals surface area (Å²) in [7, 11) is 0. The van der Waals surface area contributed by atoms with Crippen molar-refractivity contribution in [1.29, 1.82) is 0 Å². The fraction of sp³-hybridized carbons (Fsp3) is 0.143. The van der Waals surface area contributed by atoms with E-state index >= 15 is 0 Å². The summed E-state index contributed by atoms with van der Waals surface area (Å²) in [4.78, 5) is 12.0. The average Bonchev–Trinajstić information content (AvgIpc) is 2.84. The van der Waals surface area contributed by atoms with Crippen molar-refractivity contribution in [3.63, 3.8) is 0 Å². The molecular formula is C14H11BrN2O2S. The first-order chi connectivity index (χ1) is 9.65. The standard InChI is InChI=1S/C14H11BrN2O2S/c15-9-5-6-11(13(7-9)17(18)19)16-12-8-20-14-4-2-1-3-10(12)14/h1-7,12,16H,8H2. The van der Waals surface area contributed by atoms with Gasteiger partial charge in [0.15, 0.2) is 0 Å². The van der Waals surface area contributed by atoms with Crippen LogP contribution in [0.5, 0.6) is 0 Å². The van der Waals surface area contributed by atoms with Crippen LogP contribution >= 0.6 is 27.7 Å². The molecule has 20 heavy (non-hydrogen) atoms. The zero-order chi connectivity index (χ0) is 14.1. The Labute approximate surface area is 128 Å². The van der Waals surface area contributed by atoms with Crippen molar-refractivity contribution in [3.8, 4) is 0 Å². The molecule has 0 bridgehead atoms. The van der Waals surface area contributed by atoms with E-state index in [1.54, 1.807) is 17.8 Å². The third-order valence-corrected chi connectivity index (χ3v) is 4.86. The van der Waals surface area contributed by atoms with Crippen LogP contribution < -0.4 is 5.32 Å². The first-order valence-electron chi connectivity index (χ1n) is 6.07. The van der Waals surface area contributed by atoms with E-state index in [2.05, 4.69) is 33.4 Å². The van der Waals surface area contributed by atoms with Crippen LogP contribution in [0.2, 0.25) is 0 Å². The van der Waals surface area contributed by atoms with Crippen molar-refractivity contribution in [2.75, 3.05) is 11.1 Å². The minimum Gasteiger partial charge on any atom is -0.372 e. The van der Waals surface area contributed by atoms with Gasteiger partial charge in [-0.05, 0) is 23.8 Å². The highest BCUT2D eigenvalue weighted by Crippen LogP contribution is 2.41. The summed E-state index contributed by atoms with van der Waals surface area (Å²) < 4.78 is 0.705. The maximum absolute atomic E-state index is 11.1. The van der Waals surface area contributed by atoms with E-state index in [1.807, 2.05) is 18.2 Å². The average molecular weight is 351 g/mol. The van der Waals surface area contributed by atoms with Crippen molar-refractivity contribution in [2.24, 2.45) is 0 Å². The van der Waals surface area contributed by atoms with Crippen LogP contribution in [0.15, 0.2) is 51.8 Å². The monoisotopic (exact) mass is 350 g/mol. The lowest BCUT2D eigenvalue weighted by Crippen LogP contribution is -2.11. The van der Waals surface area contributed by atoms with Crippen molar-refractivity contribution in [2.45, 2.75) is 10.9 Å². The fourth-order valence-electron chi connectivity index (χ4n) is 2.25. The first-order valence-corrected chi connectivity index (χ1v) is 7.85. The molecule has 2 aromatic rings. The molecule has 102 valence electrons. The molecule has 1 N–H and O–H groups in total. The lowest BCUT2D eigenvalue weighted by molar-refractivity contribution is -0.384. The topological polar surface area (TPSA) is 55.2 Å². The van der Waals surface area contributed by atoms with Crippen LogP contribution in [0, 0.1) is 10.1 Å². The van der Waals surface area contributed by atoms with Crippen LogP contribution in [0.1, 0.15) is 11.6 Å². The quantitative estimate of drug-likeness (QED) is 0.648. The Balaban J connectivity index is 1.92. The highest BCUT2D eigenvalue weighted by molar-refractivity contribution is 9.10. The Morgan fingerprint density at radius 1 is 1.30 bits per heavy atom. The predicted octanol–water partition coefficient (Wildman–Crippen LogP) is 4.62. The molecule has 0 fully saturated rings. The third-order valence-electron chi connectivity index (χ3n) is 3.19. The van der Waals surface area contributed by atoms with E-state index in [-0.39, 0.29) is 16.7 Å². The molecule has 1 aliphatic heterocycles. The summed E-state index contributed by atoms with van der Waals surface area (Å²) in [5, 5.41) is 14.4. The highest BCUT2D eigenvalue weighted by Gasteiger charge is 2.25. The Morgan fingerprint density at radius 2 is 2.10 bits per heavy atom. The Hall–Kier alpha value is -1.53. The SMILES string of the molecule is O=[N+]([O-])c1cc(Br)ccc1NC1CSc2ccccc21. The van der Waals surface area contributed by atoms with Crippen LogP contribution in [0.25, 0.3) is 0 Å². The molecule has 0 saturated carbocycles. The zero-order valence-electron chi connectivity index (χ0n) is 10.4. The summed E-state index contributed by atoms with van der Waals surface area (Å²) in [6.45, 7) is 0. The van der Waals surface area contributed by atoms with Gasteiger partial charge in [-0.25, -0.2) is 0 Å². The van der Waals surface area contributed by atoms with Crippen molar-refractivity contribution in [1.82, 2.24) is 0 Å². The van der Waals surface area contributed by atoms with E-state index in [0.717, 1.165) is 5.75 Å². The van der Waals surface area contributed by atoms with Crippen molar-refractivity contribution >= 4 is 39.1 Å². The maximum atomic E-state index is 11.1. The predicted molar refractivity (Wildman–Crippen MR) is 84.3 cm³/mol. The second-order valence-corrected chi connectivity index (χ2v) is 6.44. The molecule has 0 saturated heterocycles. The summed E-state index contributed by atoms with van der Waals surface area (Å²) >= 11 is 5.04. The number of nitro groups is 1. The molecule has 0 aliphatic carbocycles. The highest BCUT2D eigenvalue weighted by atomic mass is 79.9. The Bertz CT molecular complexity index is 678. The first kappa shape index (κ1) is 13.5. The minimum atomic E-state index is -0.360. The zero-order valence-corrected chi connectivity index (χ0v) is 12.8. The van der Waals surface area contributed by atoms with Gasteiger partial charge in [0.25, 0.3) is 5.69 Å². The van der Waals surface area contributed by atoms with E-state index < -0.39 is 0 Å². The van der Waals surface area contributed by atoms with Gasteiger partial charge in [0, 0.05) is 21.2 Å². The number of fused-ring (bicyclic) bond motifs is 1. The van der Waals surface area contributed by atoms with E-state index in [9.17, 15) is 10.1 Å². The number of hydrogen-bond acceptors (Lipinski definition) is 4. The third kappa shape index (κ3) is 2.53. The maximum Gasteiger partial charge on any atom is 0.293 e. The number of thioether (sulfide) groups is 1. The lowest BCUT2D eigenvalue weighted by atomic mass is 10.1. The summed E-state index contributed by atoms with van der Waals surface area (Å²) in [5.41, 5.74) is 1.85. The molecule has 3 rings (SSSR count). The lowest BCUT2D eigenvalue weighted by Gasteiger charge is -2.15. The van der Waals surface area contributed by atoms with Crippen LogP contribution in [-0.4, -0.2) is 10.7 Å². The van der Waals surface area contributed by atoms with Gasteiger partial charge in [0.05, 0.1) is 11.0 Å². The number of anilines is 1. The van der Waals surface area contributed by atoms with Crippen molar-refractivity contribution in [3.05, 3.63) is 62.6 Å². The minimum absolute atomic E-state index is 0.0914. The van der Waals surface area contributed by atoms with Gasteiger partial charge in [0.2, 0.25) is 0 Å². The molecule has 0 spiro atoms. The van der Waals surface area contributed by atoms with Crippen LogP contribution in [-0.2, 0) is 0 Å². The van der Waals surface area contributed by atoms with Crippen LogP contribution in [0.4, 0.5) is 11.4 Å². The summed E-state index contributed by atoms with van der Waals surface area (Å²) in [5.74, 6) is 0.882. The van der Waals surface area contributed by atoms with E-state index in [4.69, 9.17) is 0 Å².